The van der Waals surface area contributed by atoms with Crippen molar-refractivity contribution in [3.8, 4) is 0 Å². The fourth-order valence-corrected chi connectivity index (χ4v) is 7.98. The van der Waals surface area contributed by atoms with Crippen LogP contribution in [0.15, 0.2) is 0 Å². The Balaban J connectivity index is -0.0000289. The highest BCUT2D eigenvalue weighted by Gasteiger charge is 2.27. The van der Waals surface area contributed by atoms with Crippen molar-refractivity contribution in [2.24, 2.45) is 11.8 Å². The van der Waals surface area contributed by atoms with Gasteiger partial charge in [0, 0.05) is 66.8 Å². The van der Waals surface area contributed by atoms with Crippen molar-refractivity contribution in [1.29, 1.82) is 0 Å². The van der Waals surface area contributed by atoms with Crippen molar-refractivity contribution in [2.75, 3.05) is 39.5 Å². The van der Waals surface area contributed by atoms with Gasteiger partial charge in [-0.05, 0) is 65.2 Å². The molecule has 23 heteroatoms. The minimum Gasteiger partial charge on any atom is -0.481 e. The molecule has 0 bridgehead atoms. The standard InChI is InChI=1S/C54H91N5O18.2H2/c1-38(40(3)61)20-18-19-31-55-46(63)28-24-43(52(70)71)58-49(66)27-23-41(51(68)69)36-42(62)37-77-35-34-76-33-32-56-47(64)29-25-44(53(72)73)59-50(67)30-26-45(54(74)75)57-48(65)22-17-15-13-11-9-7-5-4-6-8-10-12-14-16-21-39(2)60;;/h38,41,43-45H,4-37H2,1-3H3,(H,55,63)(H,56,64)(H,57,65)(H,58,66)(H,59,67)(H,68,69)(H,70,71)(H,72,73)(H,74,75);2*1H/t38-,41+,43-,44-,45-;;/m0../s1. The fraction of sp³-hybridized carbons (Fsp3) is 0.778. The molecule has 0 heterocycles. The lowest BCUT2D eigenvalue weighted by Gasteiger charge is -2.17. The summed E-state index contributed by atoms with van der Waals surface area (Å²) in [6, 6.07) is -4.18. The molecule has 0 rings (SSSR count). The molecule has 444 valence electrons. The highest BCUT2D eigenvalue weighted by Crippen LogP contribution is 2.16. The Hall–Kier alpha value is -5.84. The number of rotatable bonds is 52. The van der Waals surface area contributed by atoms with E-state index in [9.17, 15) is 78.0 Å². The molecule has 0 saturated carbocycles. The Morgan fingerprint density at radius 2 is 0.792 bits per heavy atom. The topological polar surface area (TPSA) is 364 Å². The van der Waals surface area contributed by atoms with E-state index in [0.717, 1.165) is 44.9 Å². The monoisotopic (exact) mass is 1100 g/mol. The average molecular weight is 1100 g/mol. The molecule has 0 aromatic carbocycles. The number of nitrogens with one attached hydrogen (secondary N) is 5. The summed E-state index contributed by atoms with van der Waals surface area (Å²) in [5.74, 6) is -9.91. The third-order valence-corrected chi connectivity index (χ3v) is 12.9. The number of carboxylic acid groups (broad SMARTS) is 4. The SMILES string of the molecule is CC(=O)CCCCCCCCCCCCCCCCC(=O)N[C@@H](CCC(=O)N[C@@H](CCC(=O)NCCOCCOCC(=O)C[C@@H](CCC(=O)N[C@@H](CCC(=O)NCCCC[C@H](C)C(C)=O)C(=O)O)C(=O)O)C(=O)O)C(=O)O.[HH].[HH]. The van der Waals surface area contributed by atoms with Crippen LogP contribution in [0.3, 0.4) is 0 Å². The number of ketones is 3. The van der Waals surface area contributed by atoms with E-state index < -0.39 is 103 Å². The van der Waals surface area contributed by atoms with Gasteiger partial charge >= 0.3 is 23.9 Å². The minimum atomic E-state index is -1.44. The van der Waals surface area contributed by atoms with E-state index in [0.29, 0.717) is 32.2 Å². The molecule has 0 unspecified atom stereocenters. The molecule has 0 aliphatic rings. The van der Waals surface area contributed by atoms with Crippen molar-refractivity contribution < 1.29 is 90.3 Å². The van der Waals surface area contributed by atoms with Gasteiger partial charge in [0.05, 0.1) is 25.7 Å². The van der Waals surface area contributed by atoms with Gasteiger partial charge in [-0.25, -0.2) is 14.4 Å². The Morgan fingerprint density at radius 3 is 1.22 bits per heavy atom. The van der Waals surface area contributed by atoms with Gasteiger partial charge in [0.15, 0.2) is 5.78 Å². The number of unbranched alkanes of at least 4 members (excludes halogenated alkanes) is 14. The fourth-order valence-electron chi connectivity index (χ4n) is 7.98. The zero-order valence-corrected chi connectivity index (χ0v) is 45.9. The van der Waals surface area contributed by atoms with Crippen LogP contribution in [0.25, 0.3) is 0 Å². The number of hydrogen-bond donors (Lipinski definition) is 9. The van der Waals surface area contributed by atoms with Gasteiger partial charge in [0.2, 0.25) is 29.5 Å². The second-order valence-corrected chi connectivity index (χ2v) is 19.8. The Labute approximate surface area is 456 Å². The molecular formula is C54H95N5O18. The van der Waals surface area contributed by atoms with Gasteiger partial charge in [-0.15, -0.1) is 0 Å². The van der Waals surface area contributed by atoms with Gasteiger partial charge in [-0.3, -0.25) is 38.4 Å². The van der Waals surface area contributed by atoms with Gasteiger partial charge in [-0.2, -0.15) is 0 Å². The lowest BCUT2D eigenvalue weighted by Crippen LogP contribution is -2.44. The minimum absolute atomic E-state index is 0. The van der Waals surface area contributed by atoms with E-state index in [1.54, 1.807) is 6.92 Å². The van der Waals surface area contributed by atoms with Crippen LogP contribution in [-0.4, -0.2) is 149 Å². The van der Waals surface area contributed by atoms with Gasteiger partial charge in [0.1, 0.15) is 36.3 Å². The summed E-state index contributed by atoms with van der Waals surface area (Å²) in [7, 11) is 0. The lowest BCUT2D eigenvalue weighted by atomic mass is 9.97. The van der Waals surface area contributed by atoms with Crippen LogP contribution in [-0.2, 0) is 67.0 Å². The number of Topliss-reactive ketones (excluding diaryl/α,β-unsaturated/α-hetero) is 3. The summed E-state index contributed by atoms with van der Waals surface area (Å²) in [5, 5.41) is 50.6. The zero-order chi connectivity index (χ0) is 57.8. The summed E-state index contributed by atoms with van der Waals surface area (Å²) in [6.45, 7) is 4.85. The number of carbonyl (C=O) groups is 12. The predicted molar refractivity (Wildman–Crippen MR) is 287 cm³/mol. The van der Waals surface area contributed by atoms with E-state index in [1.807, 2.05) is 6.92 Å². The smallest absolute Gasteiger partial charge is 0.326 e. The van der Waals surface area contributed by atoms with Crippen LogP contribution in [0.2, 0.25) is 0 Å². The quantitative estimate of drug-likeness (QED) is 0.0341. The van der Waals surface area contributed by atoms with Crippen LogP contribution >= 0.6 is 0 Å². The highest BCUT2D eigenvalue weighted by molar-refractivity contribution is 5.88. The van der Waals surface area contributed by atoms with Gasteiger partial charge < -0.3 is 61.3 Å². The number of amides is 5. The lowest BCUT2D eigenvalue weighted by molar-refractivity contribution is -0.145. The molecule has 0 spiro atoms. The zero-order valence-electron chi connectivity index (χ0n) is 45.9. The number of ether oxygens (including phenoxy) is 2. The molecule has 77 heavy (non-hydrogen) atoms. The van der Waals surface area contributed by atoms with Gasteiger partial charge in [0.25, 0.3) is 0 Å². The van der Waals surface area contributed by atoms with Crippen molar-refractivity contribution in [3.63, 3.8) is 0 Å². The third kappa shape index (κ3) is 41.9. The number of hydrogen-bond acceptors (Lipinski definition) is 14. The Kier molecular flexibility index (Phi) is 41.8. The third-order valence-electron chi connectivity index (χ3n) is 12.9. The van der Waals surface area contributed by atoms with Crippen LogP contribution in [0.4, 0.5) is 0 Å². The molecule has 0 radical (unpaired) electrons. The van der Waals surface area contributed by atoms with Crippen LogP contribution in [0, 0.1) is 11.8 Å². The second-order valence-electron chi connectivity index (χ2n) is 19.8. The number of aliphatic carboxylic acids is 4. The Morgan fingerprint density at radius 1 is 0.403 bits per heavy atom. The molecule has 5 atom stereocenters. The summed E-state index contributed by atoms with van der Waals surface area (Å²) in [4.78, 5) is 144. The maximum atomic E-state index is 12.6. The van der Waals surface area contributed by atoms with E-state index in [1.165, 1.54) is 51.9 Å². The van der Waals surface area contributed by atoms with E-state index in [2.05, 4.69) is 26.6 Å². The molecule has 0 aliphatic heterocycles. The second kappa shape index (κ2) is 45.2. The summed E-state index contributed by atoms with van der Waals surface area (Å²) >= 11 is 0. The molecular weight excluding hydrogens is 1010 g/mol. The van der Waals surface area contributed by atoms with Crippen LogP contribution in [0.1, 0.15) is 203 Å². The maximum absolute atomic E-state index is 12.6. The van der Waals surface area contributed by atoms with E-state index >= 15 is 0 Å². The summed E-state index contributed by atoms with van der Waals surface area (Å²) in [6.07, 6.45) is 15.4. The predicted octanol–water partition coefficient (Wildman–Crippen LogP) is 5.46. The Bertz CT molecular complexity index is 1840. The first-order valence-electron chi connectivity index (χ1n) is 27.6. The molecule has 0 aromatic heterocycles. The van der Waals surface area contributed by atoms with Crippen molar-refractivity contribution in [2.45, 2.75) is 219 Å². The molecule has 0 aliphatic carbocycles. The van der Waals surface area contributed by atoms with Crippen LogP contribution < -0.4 is 26.6 Å². The average Bonchev–Trinajstić information content (AvgIpc) is 3.36. The molecule has 0 saturated heterocycles. The first-order chi connectivity index (χ1) is 36.6. The molecule has 9 N–H and O–H groups in total. The van der Waals surface area contributed by atoms with Crippen molar-refractivity contribution >= 4 is 70.8 Å². The van der Waals surface area contributed by atoms with E-state index in [-0.39, 0.29) is 98.1 Å². The van der Waals surface area contributed by atoms with E-state index in [4.69, 9.17) is 9.47 Å². The maximum Gasteiger partial charge on any atom is 0.326 e. The van der Waals surface area contributed by atoms with Crippen LogP contribution in [0.5, 0.6) is 0 Å². The summed E-state index contributed by atoms with van der Waals surface area (Å²) < 4.78 is 10.6. The van der Waals surface area contributed by atoms with Crippen molar-refractivity contribution in [1.82, 2.24) is 26.6 Å². The largest absolute Gasteiger partial charge is 0.481 e. The first kappa shape index (κ1) is 71.2. The molecule has 0 fully saturated rings. The molecule has 5 amide bonds. The van der Waals surface area contributed by atoms with Gasteiger partial charge in [-0.1, -0.05) is 90.4 Å². The van der Waals surface area contributed by atoms with Crippen molar-refractivity contribution in [3.05, 3.63) is 0 Å². The normalized spacial score (nSPS) is 13.0. The molecule has 0 aromatic rings. The molecule has 23 nitrogen and oxygen atoms in total. The number of carbonyl (C=O) groups excluding carboxylic acids is 8. The number of carboxylic acids is 4. The first-order valence-corrected chi connectivity index (χ1v) is 27.6. The highest BCUT2D eigenvalue weighted by atomic mass is 16.5. The summed E-state index contributed by atoms with van der Waals surface area (Å²) in [5.41, 5.74) is 0.